The molecular weight excluding hydrogens is 217 g/mol. The molecule has 0 aliphatic rings. The lowest BCUT2D eigenvalue weighted by Gasteiger charge is -2.14. The second kappa shape index (κ2) is 3.91. The molecule has 1 heterocycles. The predicted octanol–water partition coefficient (Wildman–Crippen LogP) is 1.95. The SMILES string of the molecule is O=CC(F)(C(=O)C(F)F)c1cccs1. The van der Waals surface area contributed by atoms with Gasteiger partial charge in [-0.25, -0.2) is 13.2 Å². The summed E-state index contributed by atoms with van der Waals surface area (Å²) in [4.78, 5) is 20.8. The Morgan fingerprint density at radius 2 is 2.21 bits per heavy atom. The van der Waals surface area contributed by atoms with E-state index in [1.165, 1.54) is 11.4 Å². The van der Waals surface area contributed by atoms with Crippen LogP contribution in [0.5, 0.6) is 0 Å². The van der Waals surface area contributed by atoms with Gasteiger partial charge in [0.25, 0.3) is 12.1 Å². The number of Topliss-reactive ketones (excluding diaryl/α,β-unsaturated/α-hetero) is 1. The summed E-state index contributed by atoms with van der Waals surface area (Å²) in [5.74, 6) is -2.02. The molecule has 1 rings (SSSR count). The van der Waals surface area contributed by atoms with Crippen molar-refractivity contribution in [1.29, 1.82) is 0 Å². The van der Waals surface area contributed by atoms with Crippen LogP contribution in [0.4, 0.5) is 13.2 Å². The third-order valence-electron chi connectivity index (χ3n) is 1.60. The van der Waals surface area contributed by atoms with Gasteiger partial charge in [0.05, 0.1) is 4.88 Å². The van der Waals surface area contributed by atoms with Crippen LogP contribution in [-0.2, 0) is 15.3 Å². The van der Waals surface area contributed by atoms with Crippen LogP contribution >= 0.6 is 11.3 Å². The van der Waals surface area contributed by atoms with Crippen LogP contribution in [0.15, 0.2) is 17.5 Å². The molecule has 1 aromatic rings. The fraction of sp³-hybridized carbons (Fsp3) is 0.250. The number of carbonyl (C=O) groups excluding carboxylic acids is 2. The second-order valence-electron chi connectivity index (χ2n) is 2.47. The van der Waals surface area contributed by atoms with E-state index in [0.717, 1.165) is 17.4 Å². The Hall–Kier alpha value is -1.17. The lowest BCUT2D eigenvalue weighted by atomic mass is 10.0. The fourth-order valence-corrected chi connectivity index (χ4v) is 1.66. The molecule has 0 aliphatic carbocycles. The minimum absolute atomic E-state index is 0.321. The number of hydrogen-bond donors (Lipinski definition) is 0. The molecule has 0 saturated carbocycles. The molecule has 2 nitrogen and oxygen atoms in total. The first-order valence-corrected chi connectivity index (χ1v) is 4.42. The zero-order valence-corrected chi connectivity index (χ0v) is 7.56. The zero-order valence-electron chi connectivity index (χ0n) is 6.75. The summed E-state index contributed by atoms with van der Waals surface area (Å²) in [6, 6.07) is 2.50. The lowest BCUT2D eigenvalue weighted by molar-refractivity contribution is -0.146. The van der Waals surface area contributed by atoms with Crippen molar-refractivity contribution >= 4 is 23.4 Å². The van der Waals surface area contributed by atoms with Gasteiger partial charge in [0, 0.05) is 0 Å². The van der Waals surface area contributed by atoms with Gasteiger partial charge in [-0.15, -0.1) is 11.3 Å². The van der Waals surface area contributed by atoms with E-state index >= 15 is 0 Å². The van der Waals surface area contributed by atoms with Crippen LogP contribution in [0, 0.1) is 0 Å². The summed E-state index contributed by atoms with van der Waals surface area (Å²) in [5.41, 5.74) is -3.21. The van der Waals surface area contributed by atoms with E-state index in [2.05, 4.69) is 0 Å². The largest absolute Gasteiger partial charge is 0.300 e. The third-order valence-corrected chi connectivity index (χ3v) is 2.58. The highest BCUT2D eigenvalue weighted by molar-refractivity contribution is 7.10. The van der Waals surface area contributed by atoms with Gasteiger partial charge < -0.3 is 0 Å². The molecule has 1 unspecified atom stereocenters. The van der Waals surface area contributed by atoms with Gasteiger partial charge in [-0.05, 0) is 11.4 Å². The maximum Gasteiger partial charge on any atom is 0.300 e. The number of ketones is 1. The summed E-state index contributed by atoms with van der Waals surface area (Å²) in [7, 11) is 0. The molecule has 0 saturated heterocycles. The Morgan fingerprint density at radius 3 is 2.57 bits per heavy atom. The van der Waals surface area contributed by atoms with E-state index in [1.54, 1.807) is 0 Å². The molecule has 6 heteroatoms. The van der Waals surface area contributed by atoms with E-state index in [9.17, 15) is 22.8 Å². The number of carbonyl (C=O) groups is 2. The molecule has 76 valence electrons. The quantitative estimate of drug-likeness (QED) is 0.576. The van der Waals surface area contributed by atoms with Crippen LogP contribution in [0.25, 0.3) is 0 Å². The molecule has 0 radical (unpaired) electrons. The van der Waals surface area contributed by atoms with Crippen molar-refractivity contribution in [3.8, 4) is 0 Å². The van der Waals surface area contributed by atoms with Crippen molar-refractivity contribution in [2.45, 2.75) is 12.1 Å². The summed E-state index contributed by atoms with van der Waals surface area (Å²) in [5, 5.41) is 1.39. The first kappa shape index (κ1) is 10.9. The van der Waals surface area contributed by atoms with E-state index in [0.29, 0.717) is 0 Å². The highest BCUT2D eigenvalue weighted by atomic mass is 32.1. The molecular formula is C8H5F3O2S. The summed E-state index contributed by atoms with van der Waals surface area (Å²) in [6.07, 6.45) is -3.89. The van der Waals surface area contributed by atoms with Crippen LogP contribution in [0.1, 0.15) is 4.88 Å². The van der Waals surface area contributed by atoms with Gasteiger partial charge in [-0.2, -0.15) is 0 Å². The topological polar surface area (TPSA) is 34.1 Å². The van der Waals surface area contributed by atoms with Gasteiger partial charge in [0.15, 0.2) is 6.29 Å². The molecule has 0 amide bonds. The van der Waals surface area contributed by atoms with E-state index in [1.807, 2.05) is 0 Å². The lowest BCUT2D eigenvalue weighted by Crippen LogP contribution is -2.36. The average Bonchev–Trinajstić information content (AvgIpc) is 2.68. The smallest absolute Gasteiger partial charge is 0.299 e. The molecule has 0 spiro atoms. The normalized spacial score (nSPS) is 15.1. The Bertz CT molecular complexity index is 336. The molecule has 0 aromatic carbocycles. The number of alkyl halides is 3. The number of aldehydes is 1. The monoisotopic (exact) mass is 222 g/mol. The number of rotatable bonds is 4. The van der Waals surface area contributed by atoms with Crippen molar-refractivity contribution in [2.75, 3.05) is 0 Å². The summed E-state index contributed by atoms with van der Waals surface area (Å²) < 4.78 is 37.5. The molecule has 0 fully saturated rings. The molecule has 1 atom stereocenters. The maximum atomic E-state index is 13.5. The van der Waals surface area contributed by atoms with Crippen LogP contribution in [-0.4, -0.2) is 18.5 Å². The Balaban J connectivity index is 3.10. The molecule has 0 aliphatic heterocycles. The predicted molar refractivity (Wildman–Crippen MR) is 44.2 cm³/mol. The fourth-order valence-electron chi connectivity index (χ4n) is 0.882. The Morgan fingerprint density at radius 1 is 1.57 bits per heavy atom. The third kappa shape index (κ3) is 1.70. The minimum Gasteiger partial charge on any atom is -0.299 e. The van der Waals surface area contributed by atoms with Gasteiger partial charge in [-0.1, -0.05) is 6.07 Å². The Kier molecular flexibility index (Phi) is 3.05. The van der Waals surface area contributed by atoms with Crippen molar-refractivity contribution in [1.82, 2.24) is 0 Å². The van der Waals surface area contributed by atoms with Crippen molar-refractivity contribution in [3.63, 3.8) is 0 Å². The highest BCUT2D eigenvalue weighted by Gasteiger charge is 2.45. The standard InChI is InChI=1S/C8H5F3O2S/c9-7(10)6(13)8(11,4-12)5-2-1-3-14-5/h1-4,7H. The van der Waals surface area contributed by atoms with Gasteiger partial charge in [-0.3, -0.25) is 9.59 Å². The van der Waals surface area contributed by atoms with E-state index in [-0.39, 0.29) is 4.88 Å². The number of hydrogen-bond acceptors (Lipinski definition) is 3. The van der Waals surface area contributed by atoms with Crippen LogP contribution in [0.2, 0.25) is 0 Å². The van der Waals surface area contributed by atoms with Gasteiger partial charge in [0.2, 0.25) is 5.78 Å². The molecule has 0 bridgehead atoms. The maximum absolute atomic E-state index is 13.5. The van der Waals surface area contributed by atoms with Crippen molar-refractivity contribution in [3.05, 3.63) is 22.4 Å². The zero-order chi connectivity index (χ0) is 10.8. The van der Waals surface area contributed by atoms with Crippen molar-refractivity contribution < 1.29 is 22.8 Å². The van der Waals surface area contributed by atoms with Gasteiger partial charge in [0.1, 0.15) is 0 Å². The number of thiophene rings is 1. The average molecular weight is 222 g/mol. The summed E-state index contributed by atoms with van der Waals surface area (Å²) >= 11 is 0.740. The highest BCUT2D eigenvalue weighted by Crippen LogP contribution is 2.30. The molecule has 1 aromatic heterocycles. The van der Waals surface area contributed by atoms with Crippen LogP contribution < -0.4 is 0 Å². The van der Waals surface area contributed by atoms with E-state index in [4.69, 9.17) is 0 Å². The first-order chi connectivity index (χ1) is 6.52. The first-order valence-electron chi connectivity index (χ1n) is 3.54. The van der Waals surface area contributed by atoms with Crippen LogP contribution in [0.3, 0.4) is 0 Å². The summed E-state index contributed by atoms with van der Waals surface area (Å²) in [6.45, 7) is 0. The van der Waals surface area contributed by atoms with Gasteiger partial charge >= 0.3 is 0 Å². The minimum atomic E-state index is -3.49. The number of halogens is 3. The second-order valence-corrected chi connectivity index (χ2v) is 3.42. The van der Waals surface area contributed by atoms with Crippen molar-refractivity contribution in [2.24, 2.45) is 0 Å². The molecule has 0 N–H and O–H groups in total. The van der Waals surface area contributed by atoms with E-state index < -0.39 is 24.2 Å². The molecule has 14 heavy (non-hydrogen) atoms. The Labute approximate surface area is 81.4 Å².